The molecule has 0 spiro atoms. The van der Waals surface area contributed by atoms with Crippen molar-refractivity contribution >= 4 is 40.4 Å². The Bertz CT molecular complexity index is 4210. The molecule has 21 rings (SSSR count). The Balaban J connectivity index is 1.000. The van der Waals surface area contributed by atoms with Gasteiger partial charge in [-0.25, -0.2) is 0 Å². The van der Waals surface area contributed by atoms with Crippen molar-refractivity contribution in [1.82, 2.24) is 0 Å². The van der Waals surface area contributed by atoms with Crippen molar-refractivity contribution in [2.75, 3.05) is 26.4 Å². The minimum Gasteiger partial charge on any atom is -0.544 e. The maximum atomic E-state index is 6.94. The van der Waals surface area contributed by atoms with Gasteiger partial charge in [0.1, 0.15) is 60.9 Å². The van der Waals surface area contributed by atoms with Crippen LogP contribution in [0, 0.1) is 47.4 Å². The molecule has 10 heteroatoms. The molecule has 0 radical (unpaired) electrons. The van der Waals surface area contributed by atoms with Crippen LogP contribution in [0.25, 0.3) is 44.5 Å². The third-order valence-corrected chi connectivity index (χ3v) is 28.8. The molecule has 8 nitrogen and oxygen atoms in total. The number of nitrogens with zero attached hydrogens (tertiary/aromatic N) is 2. The number of hydrogen-bond donors (Lipinski definition) is 0. The van der Waals surface area contributed by atoms with E-state index in [1.54, 1.807) is 0 Å². The Kier molecular flexibility index (Phi) is 17.8. The zero-order valence-electron chi connectivity index (χ0n) is 56.6. The summed E-state index contributed by atoms with van der Waals surface area (Å²) in [5.74, 6) is 28.6. The van der Waals surface area contributed by atoms with Crippen LogP contribution in [0.5, 0.6) is 34.5 Å². The summed E-state index contributed by atoms with van der Waals surface area (Å²) in [6.45, 7) is 23.6. The van der Waals surface area contributed by atoms with Crippen LogP contribution < -0.4 is 27.8 Å². The largest absolute Gasteiger partial charge is 0.544 e. The Hall–Kier alpha value is -10.2. The maximum absolute atomic E-state index is 6.94. The van der Waals surface area contributed by atoms with Crippen LogP contribution in [-0.4, -0.2) is 55.5 Å². The van der Waals surface area contributed by atoms with E-state index in [1.165, 1.54) is 33.4 Å². The topological polar surface area (TPSA) is 80.1 Å². The lowest BCUT2D eigenvalue weighted by molar-refractivity contribution is 0.370. The molecule has 0 fully saturated rings. The lowest BCUT2D eigenvalue weighted by Gasteiger charge is -2.36. The summed E-state index contributed by atoms with van der Waals surface area (Å²) in [5.41, 5.74) is 16.2. The van der Waals surface area contributed by atoms with Gasteiger partial charge in [-0.15, -0.1) is 0 Å². The summed E-state index contributed by atoms with van der Waals surface area (Å²) in [7, 11) is -4.29. The summed E-state index contributed by atoms with van der Waals surface area (Å²) in [5, 5.41) is 0.0723. The highest BCUT2D eigenvalue weighted by molar-refractivity contribution is 6.75. The van der Waals surface area contributed by atoms with E-state index in [2.05, 4.69) is 273 Å². The van der Waals surface area contributed by atoms with Crippen LogP contribution in [0.2, 0.25) is 36.3 Å². The summed E-state index contributed by atoms with van der Waals surface area (Å²) in [6.07, 6.45) is 7.47. The standard InChI is InChI=1S/C86H80N2O6Si2/c1-83(2,3)95(7,8)93-75-45-33-69(34-46-75)85-55-65-53-67-57-86(58-68(67)54-66(65)56-85,70-35-47-76(48-36-70)94-96(9,10)84(4,5)6)60-88-82-79-23-20-24-80(82)64-31-43-74(44-32-64)92-52-18-14-12-16-50-90-72-39-27-62(28-40-72)78-22-19-21-77(81(78)87-59-85)61-25-37-71(38-26-61)89-49-15-11-13-17-51-91-73-41-29-63(79)30-42-73/h19-48,53-54,59-60H,49-52,55-58H2,1-10H3. The molecular weight excluding hydrogens is 1210 g/mol. The van der Waals surface area contributed by atoms with E-state index in [1.807, 2.05) is 48.5 Å². The fourth-order valence-corrected chi connectivity index (χ4v) is 14.7. The van der Waals surface area contributed by atoms with E-state index in [0.717, 1.165) is 93.1 Å². The minimum atomic E-state index is -2.15. The second kappa shape index (κ2) is 26.5. The van der Waals surface area contributed by atoms with E-state index >= 15 is 0 Å². The predicted molar refractivity (Wildman–Crippen MR) is 397 cm³/mol. The zero-order chi connectivity index (χ0) is 66.7. The number of rotatable bonds is 6. The molecule has 0 amide bonds. The van der Waals surface area contributed by atoms with Crippen molar-refractivity contribution in [2.24, 2.45) is 9.98 Å². The predicted octanol–water partition coefficient (Wildman–Crippen LogP) is 19.6. The lowest BCUT2D eigenvalue weighted by atomic mass is 9.78. The van der Waals surface area contributed by atoms with Gasteiger partial charge >= 0.3 is 0 Å². The van der Waals surface area contributed by atoms with Gasteiger partial charge in [-0.3, -0.25) is 9.98 Å². The number of aliphatic imine (C=N–C) groups is 2. The Morgan fingerprint density at radius 2 is 0.615 bits per heavy atom. The van der Waals surface area contributed by atoms with Gasteiger partial charge in [-0.05, 0) is 238 Å². The van der Waals surface area contributed by atoms with Crippen molar-refractivity contribution < 1.29 is 27.8 Å². The van der Waals surface area contributed by atoms with Gasteiger partial charge in [-0.1, -0.05) is 163 Å². The molecule has 12 aliphatic rings. The molecule has 0 N–H and O–H groups in total. The Morgan fingerprint density at radius 1 is 0.354 bits per heavy atom. The van der Waals surface area contributed by atoms with E-state index < -0.39 is 27.5 Å². The molecule has 0 atom stereocenters. The fourth-order valence-electron chi connectivity index (χ4n) is 12.7. The second-order valence-electron chi connectivity index (χ2n) is 28.6. The van der Waals surface area contributed by atoms with Crippen LogP contribution in [0.15, 0.2) is 204 Å². The molecule has 478 valence electrons. The second-order valence-corrected chi connectivity index (χ2v) is 38.0. The molecular formula is C86H80N2O6Si2. The van der Waals surface area contributed by atoms with Gasteiger partial charge in [0, 0.05) is 45.5 Å². The van der Waals surface area contributed by atoms with E-state index in [4.69, 9.17) is 37.8 Å². The van der Waals surface area contributed by atoms with Gasteiger partial charge in [0.15, 0.2) is 0 Å². The molecule has 96 heavy (non-hydrogen) atoms. The molecule has 0 aromatic heterocycles. The van der Waals surface area contributed by atoms with Crippen molar-refractivity contribution in [3.05, 3.63) is 228 Å². The summed E-state index contributed by atoms with van der Waals surface area (Å²) >= 11 is 0. The van der Waals surface area contributed by atoms with Crippen LogP contribution in [0.4, 0.5) is 11.4 Å². The molecule has 16 bridgehead atoms. The number of hydrogen-bond acceptors (Lipinski definition) is 8. The fraction of sp³-hybridized carbons (Fsp3) is 0.256. The molecule has 9 aromatic carbocycles. The van der Waals surface area contributed by atoms with Crippen LogP contribution in [0.1, 0.15) is 74.9 Å². The molecule has 0 saturated carbocycles. The van der Waals surface area contributed by atoms with Gasteiger partial charge in [0.05, 0.1) is 11.4 Å². The van der Waals surface area contributed by atoms with Crippen molar-refractivity contribution in [2.45, 2.75) is 114 Å². The van der Waals surface area contributed by atoms with Crippen LogP contribution in [-0.2, 0) is 36.5 Å². The monoisotopic (exact) mass is 1290 g/mol. The smallest absolute Gasteiger partial charge is 0.250 e. The summed E-state index contributed by atoms with van der Waals surface area (Å²) in [6, 6.07) is 68.4. The average molecular weight is 1290 g/mol. The number of ether oxygens (including phenoxy) is 4. The molecule has 0 saturated heterocycles. The van der Waals surface area contributed by atoms with Gasteiger partial charge < -0.3 is 27.8 Å². The first kappa shape index (κ1) is 64.5. The number of fused-ring (bicyclic) bond motifs is 2. The molecule has 2 aliphatic carbocycles. The average Bonchev–Trinajstić information content (AvgIpc) is 1.57. The van der Waals surface area contributed by atoms with E-state index in [-0.39, 0.29) is 36.5 Å². The Morgan fingerprint density at radius 3 is 0.865 bits per heavy atom. The van der Waals surface area contributed by atoms with Crippen molar-refractivity contribution in [1.29, 1.82) is 0 Å². The lowest BCUT2D eigenvalue weighted by Crippen LogP contribution is -2.43. The molecule has 0 unspecified atom stereocenters. The summed E-state index contributed by atoms with van der Waals surface area (Å²) < 4.78 is 38.5. The normalized spacial score (nSPS) is 17.3. The highest BCUT2D eigenvalue weighted by atomic mass is 28.4. The Labute approximate surface area is 569 Å². The third-order valence-electron chi connectivity index (χ3n) is 20.1. The van der Waals surface area contributed by atoms with Gasteiger partial charge in [-0.2, -0.15) is 0 Å². The minimum absolute atomic E-state index is 0.0361. The van der Waals surface area contributed by atoms with E-state index in [9.17, 15) is 0 Å². The van der Waals surface area contributed by atoms with E-state index in [0.29, 0.717) is 23.0 Å². The summed E-state index contributed by atoms with van der Waals surface area (Å²) in [4.78, 5) is 11.6. The van der Waals surface area contributed by atoms with Crippen LogP contribution in [0.3, 0.4) is 0 Å². The third kappa shape index (κ3) is 13.8. The van der Waals surface area contributed by atoms with Crippen molar-refractivity contribution in [3.63, 3.8) is 0 Å². The molecule has 10 heterocycles. The van der Waals surface area contributed by atoms with Crippen LogP contribution >= 0.6 is 0 Å². The quantitative estimate of drug-likeness (QED) is 0.122. The van der Waals surface area contributed by atoms with Gasteiger partial charge in [0.2, 0.25) is 16.6 Å². The van der Waals surface area contributed by atoms with Crippen molar-refractivity contribution in [3.8, 4) is 126 Å². The SMILES string of the molecule is CC(C)(C)[Si](C)(C)Oc1ccc(C23C=Nc4c5cccc4-c4ccc(cc4)OCC#CC#CCOc4ccc(cc4)-c4cccc(c4N=CC4(c6ccc(O[Si](C)(C)C(C)(C)C)cc6)Cc6cc(c(cc6C4)C2)C3)-c2ccc(cc2)OCC#CC#CCOc2ccc-5cc2)cc1. The first-order chi connectivity index (χ1) is 46.2. The number of benzene rings is 9. The highest BCUT2D eigenvalue weighted by Gasteiger charge is 2.44. The first-order valence-electron chi connectivity index (χ1n) is 33.1. The first-order valence-corrected chi connectivity index (χ1v) is 39.0. The maximum Gasteiger partial charge on any atom is 0.250 e. The highest BCUT2D eigenvalue weighted by Crippen LogP contribution is 2.50. The zero-order valence-corrected chi connectivity index (χ0v) is 58.6. The van der Waals surface area contributed by atoms with Gasteiger partial charge in [0.25, 0.3) is 0 Å². The molecule has 9 aromatic rings. The molecule has 10 aliphatic heterocycles. The number of para-hydroxylation sites is 2.